The minimum Gasteiger partial charge on any atom is -0.497 e. The summed E-state index contributed by atoms with van der Waals surface area (Å²) < 4.78 is 5.09. The van der Waals surface area contributed by atoms with Crippen LogP contribution in [0.15, 0.2) is 24.3 Å². The molecule has 0 aliphatic carbocycles. The fourth-order valence-corrected chi connectivity index (χ4v) is 2.21. The monoisotopic (exact) mass is 307 g/mol. The quantitative estimate of drug-likeness (QED) is 0.773. The van der Waals surface area contributed by atoms with Crippen LogP contribution in [0, 0.1) is 11.8 Å². The summed E-state index contributed by atoms with van der Waals surface area (Å²) in [6.07, 6.45) is 0.986. The van der Waals surface area contributed by atoms with Gasteiger partial charge in [-0.1, -0.05) is 32.9 Å². The highest BCUT2D eigenvalue weighted by Crippen LogP contribution is 2.15. The van der Waals surface area contributed by atoms with E-state index in [2.05, 4.69) is 5.32 Å². The van der Waals surface area contributed by atoms with E-state index in [0.717, 1.165) is 11.3 Å². The Balaban J connectivity index is 2.61. The number of carbonyl (C=O) groups is 2. The van der Waals surface area contributed by atoms with Crippen molar-refractivity contribution in [1.82, 2.24) is 5.32 Å². The van der Waals surface area contributed by atoms with E-state index in [1.165, 1.54) is 0 Å². The maximum Gasteiger partial charge on any atom is 0.326 e. The molecule has 1 rings (SSSR count). The van der Waals surface area contributed by atoms with Gasteiger partial charge in [-0.15, -0.1) is 0 Å². The van der Waals surface area contributed by atoms with Crippen molar-refractivity contribution < 1.29 is 19.4 Å². The molecule has 0 fully saturated rings. The van der Waals surface area contributed by atoms with Crippen LogP contribution in [0.25, 0.3) is 0 Å². The Morgan fingerprint density at radius 2 is 1.77 bits per heavy atom. The molecular weight excluding hydrogens is 282 g/mol. The molecule has 0 heterocycles. The molecule has 0 spiro atoms. The first-order chi connectivity index (χ1) is 10.3. The normalized spacial score (nSPS) is 13.5. The second kappa shape index (κ2) is 8.41. The molecular formula is C17H25NO4. The molecule has 2 atom stereocenters. The largest absolute Gasteiger partial charge is 0.497 e. The summed E-state index contributed by atoms with van der Waals surface area (Å²) in [5.74, 6) is -0.535. The second-order valence-corrected chi connectivity index (χ2v) is 5.98. The van der Waals surface area contributed by atoms with Crippen LogP contribution >= 0.6 is 0 Å². The lowest BCUT2D eigenvalue weighted by Crippen LogP contribution is -2.44. The van der Waals surface area contributed by atoms with Crippen molar-refractivity contribution in [3.63, 3.8) is 0 Å². The maximum absolute atomic E-state index is 12.2. The average Bonchev–Trinajstić information content (AvgIpc) is 2.46. The predicted molar refractivity (Wildman–Crippen MR) is 84.9 cm³/mol. The molecule has 0 saturated heterocycles. The second-order valence-electron chi connectivity index (χ2n) is 5.98. The molecule has 0 aliphatic heterocycles. The van der Waals surface area contributed by atoms with Gasteiger partial charge in [-0.25, -0.2) is 4.79 Å². The number of methoxy groups -OCH3 is 1. The molecule has 5 heteroatoms. The van der Waals surface area contributed by atoms with E-state index >= 15 is 0 Å². The number of rotatable bonds is 8. The first-order valence-electron chi connectivity index (χ1n) is 7.49. The van der Waals surface area contributed by atoms with E-state index < -0.39 is 12.0 Å². The molecule has 5 nitrogen and oxygen atoms in total. The zero-order chi connectivity index (χ0) is 16.7. The molecule has 1 unspecified atom stereocenters. The molecule has 0 aliphatic rings. The van der Waals surface area contributed by atoms with Crippen molar-refractivity contribution in [1.29, 1.82) is 0 Å². The van der Waals surface area contributed by atoms with Gasteiger partial charge in [-0.3, -0.25) is 4.79 Å². The van der Waals surface area contributed by atoms with Gasteiger partial charge in [-0.05, 0) is 36.5 Å². The van der Waals surface area contributed by atoms with E-state index in [4.69, 9.17) is 4.74 Å². The smallest absolute Gasteiger partial charge is 0.326 e. The third kappa shape index (κ3) is 5.76. The fraction of sp³-hybridized carbons (Fsp3) is 0.529. The summed E-state index contributed by atoms with van der Waals surface area (Å²) in [5.41, 5.74) is 1.01. The number of benzene rings is 1. The van der Waals surface area contributed by atoms with E-state index in [0.29, 0.717) is 12.8 Å². The van der Waals surface area contributed by atoms with Crippen LogP contribution in [0.2, 0.25) is 0 Å². The standard InChI is InChI=1S/C17H25NO4/c1-11(2)9-15(17(20)21)18-16(19)12(3)10-13-5-7-14(22-4)8-6-13/h5-8,11-12,15H,9-10H2,1-4H3,(H,18,19)(H,20,21)/t12?,15-/m0/s1. The Morgan fingerprint density at radius 3 is 2.23 bits per heavy atom. The van der Waals surface area contributed by atoms with Crippen molar-refractivity contribution in [2.45, 2.75) is 39.7 Å². The van der Waals surface area contributed by atoms with Crippen LogP contribution in [-0.4, -0.2) is 30.1 Å². The van der Waals surface area contributed by atoms with Crippen molar-refractivity contribution in [2.75, 3.05) is 7.11 Å². The summed E-state index contributed by atoms with van der Waals surface area (Å²) in [6, 6.07) is 6.68. The van der Waals surface area contributed by atoms with Gasteiger partial charge in [-0.2, -0.15) is 0 Å². The summed E-state index contributed by atoms with van der Waals surface area (Å²) in [7, 11) is 1.60. The van der Waals surface area contributed by atoms with Gasteiger partial charge in [0.25, 0.3) is 0 Å². The number of nitrogens with one attached hydrogen (secondary N) is 1. The van der Waals surface area contributed by atoms with Crippen molar-refractivity contribution in [3.05, 3.63) is 29.8 Å². The molecule has 1 aromatic rings. The molecule has 0 saturated carbocycles. The van der Waals surface area contributed by atoms with Gasteiger partial charge in [0.1, 0.15) is 11.8 Å². The number of hydrogen-bond donors (Lipinski definition) is 2. The van der Waals surface area contributed by atoms with Gasteiger partial charge < -0.3 is 15.2 Å². The summed E-state index contributed by atoms with van der Waals surface area (Å²) in [6.45, 7) is 5.67. The molecule has 0 aromatic heterocycles. The summed E-state index contributed by atoms with van der Waals surface area (Å²) in [4.78, 5) is 23.4. The van der Waals surface area contributed by atoms with Crippen LogP contribution in [-0.2, 0) is 16.0 Å². The van der Waals surface area contributed by atoms with Crippen molar-refractivity contribution in [3.8, 4) is 5.75 Å². The highest BCUT2D eigenvalue weighted by molar-refractivity contribution is 5.84. The first-order valence-corrected chi connectivity index (χ1v) is 7.49. The Morgan fingerprint density at radius 1 is 1.18 bits per heavy atom. The molecule has 1 amide bonds. The lowest BCUT2D eigenvalue weighted by atomic mass is 9.98. The fourth-order valence-electron chi connectivity index (χ4n) is 2.21. The van der Waals surface area contributed by atoms with Crippen LogP contribution in [0.4, 0.5) is 0 Å². The lowest BCUT2D eigenvalue weighted by Gasteiger charge is -2.19. The SMILES string of the molecule is COc1ccc(CC(C)C(=O)N[C@@H](CC(C)C)C(=O)O)cc1. The Bertz CT molecular complexity index is 496. The number of aliphatic carboxylic acids is 1. The zero-order valence-electron chi connectivity index (χ0n) is 13.6. The lowest BCUT2D eigenvalue weighted by molar-refractivity contribution is -0.142. The number of ether oxygens (including phenoxy) is 1. The molecule has 122 valence electrons. The molecule has 22 heavy (non-hydrogen) atoms. The number of carboxylic acid groups (broad SMARTS) is 1. The number of amides is 1. The Kier molecular flexibility index (Phi) is 6.89. The zero-order valence-corrected chi connectivity index (χ0v) is 13.6. The van der Waals surface area contributed by atoms with Crippen LogP contribution in [0.1, 0.15) is 32.8 Å². The third-order valence-corrected chi connectivity index (χ3v) is 3.47. The highest BCUT2D eigenvalue weighted by atomic mass is 16.5. The minimum absolute atomic E-state index is 0.207. The van der Waals surface area contributed by atoms with E-state index in [1.807, 2.05) is 38.1 Å². The first kappa shape index (κ1) is 18.0. The van der Waals surface area contributed by atoms with Crippen LogP contribution in [0.3, 0.4) is 0 Å². The molecule has 1 aromatic carbocycles. The molecule has 2 N–H and O–H groups in total. The molecule has 0 bridgehead atoms. The Labute approximate surface area is 131 Å². The average molecular weight is 307 g/mol. The van der Waals surface area contributed by atoms with Gasteiger partial charge in [0.2, 0.25) is 5.91 Å². The molecule has 0 radical (unpaired) electrons. The third-order valence-electron chi connectivity index (χ3n) is 3.47. The number of carbonyl (C=O) groups excluding carboxylic acids is 1. The highest BCUT2D eigenvalue weighted by Gasteiger charge is 2.23. The van der Waals surface area contributed by atoms with Crippen LogP contribution in [0.5, 0.6) is 5.75 Å². The van der Waals surface area contributed by atoms with Gasteiger partial charge >= 0.3 is 5.97 Å². The minimum atomic E-state index is -0.987. The van der Waals surface area contributed by atoms with Crippen LogP contribution < -0.4 is 10.1 Å². The van der Waals surface area contributed by atoms with Crippen molar-refractivity contribution >= 4 is 11.9 Å². The van der Waals surface area contributed by atoms with Gasteiger partial charge in [0.05, 0.1) is 7.11 Å². The van der Waals surface area contributed by atoms with E-state index in [9.17, 15) is 14.7 Å². The summed E-state index contributed by atoms with van der Waals surface area (Å²) in [5, 5.41) is 11.8. The Hall–Kier alpha value is -2.04. The van der Waals surface area contributed by atoms with Crippen molar-refractivity contribution in [2.24, 2.45) is 11.8 Å². The maximum atomic E-state index is 12.2. The van der Waals surface area contributed by atoms with E-state index in [-0.39, 0.29) is 17.7 Å². The number of hydrogen-bond acceptors (Lipinski definition) is 3. The van der Waals surface area contributed by atoms with Gasteiger partial charge in [0, 0.05) is 5.92 Å². The number of carboxylic acids is 1. The topological polar surface area (TPSA) is 75.6 Å². The van der Waals surface area contributed by atoms with Gasteiger partial charge in [0.15, 0.2) is 0 Å². The summed E-state index contributed by atoms with van der Waals surface area (Å²) >= 11 is 0. The predicted octanol–water partition coefficient (Wildman–Crippen LogP) is 2.49. The van der Waals surface area contributed by atoms with E-state index in [1.54, 1.807) is 14.0 Å².